The fraction of sp³-hybridized carbons (Fsp3) is 0.286. The lowest BCUT2D eigenvalue weighted by Gasteiger charge is -2.14. The van der Waals surface area contributed by atoms with E-state index >= 15 is 0 Å². The molecule has 0 radical (unpaired) electrons. The normalized spacial score (nSPS) is 11.2. The van der Waals surface area contributed by atoms with Crippen molar-refractivity contribution in [3.63, 3.8) is 0 Å². The molecular weight excluding hydrogens is 408 g/mol. The standard InChI is InChI=1S/C21H23BrN2O3/c1-5-27-21(25)20-15-11-19(26-4)16(22)12-17(15)24(18(20)13-23(2)3)14-9-7-6-8-10-14/h6-12H,5,13H2,1-4H3/p+1. The number of methoxy groups -OCH3 is 1. The molecule has 3 rings (SSSR count). The van der Waals surface area contributed by atoms with Crippen LogP contribution in [0.3, 0.4) is 0 Å². The average Bonchev–Trinajstić information content (AvgIpc) is 2.93. The molecule has 3 aromatic rings. The third-order valence-corrected chi connectivity index (χ3v) is 4.97. The summed E-state index contributed by atoms with van der Waals surface area (Å²) >= 11 is 3.58. The molecule has 27 heavy (non-hydrogen) atoms. The van der Waals surface area contributed by atoms with E-state index in [1.54, 1.807) is 7.11 Å². The Morgan fingerprint density at radius 1 is 1.19 bits per heavy atom. The number of fused-ring (bicyclic) bond motifs is 1. The van der Waals surface area contributed by atoms with Gasteiger partial charge in [0, 0.05) is 11.1 Å². The number of esters is 1. The molecule has 0 aliphatic heterocycles. The van der Waals surface area contributed by atoms with Crippen LogP contribution in [0.1, 0.15) is 23.0 Å². The first-order valence-corrected chi connectivity index (χ1v) is 9.69. The smallest absolute Gasteiger partial charge is 0.340 e. The highest BCUT2D eigenvalue weighted by Crippen LogP contribution is 2.37. The molecule has 0 aliphatic rings. The first-order chi connectivity index (χ1) is 13.0. The first-order valence-electron chi connectivity index (χ1n) is 8.90. The number of nitrogens with zero attached hydrogens (tertiary/aromatic N) is 1. The molecule has 1 N–H and O–H groups in total. The zero-order chi connectivity index (χ0) is 19.6. The molecule has 0 saturated heterocycles. The van der Waals surface area contributed by atoms with Crippen molar-refractivity contribution in [2.75, 3.05) is 27.8 Å². The van der Waals surface area contributed by atoms with Gasteiger partial charge in [-0.05, 0) is 47.1 Å². The lowest BCUT2D eigenvalue weighted by Crippen LogP contribution is -3.04. The highest BCUT2D eigenvalue weighted by Gasteiger charge is 2.27. The summed E-state index contributed by atoms with van der Waals surface area (Å²) in [7, 11) is 5.76. The first kappa shape index (κ1) is 19.5. The van der Waals surface area contributed by atoms with Gasteiger partial charge in [-0.1, -0.05) is 18.2 Å². The maximum absolute atomic E-state index is 12.9. The van der Waals surface area contributed by atoms with E-state index in [1.165, 1.54) is 4.90 Å². The zero-order valence-corrected chi connectivity index (χ0v) is 17.6. The van der Waals surface area contributed by atoms with E-state index in [0.717, 1.165) is 26.8 Å². The second-order valence-electron chi connectivity index (χ2n) is 6.60. The van der Waals surface area contributed by atoms with Gasteiger partial charge in [0.05, 0.1) is 49.1 Å². The number of quaternary nitrogens is 1. The highest BCUT2D eigenvalue weighted by atomic mass is 79.9. The third-order valence-electron chi connectivity index (χ3n) is 4.35. The number of hydrogen-bond acceptors (Lipinski definition) is 3. The van der Waals surface area contributed by atoms with Gasteiger partial charge in [0.2, 0.25) is 0 Å². The summed E-state index contributed by atoms with van der Waals surface area (Å²) in [5.41, 5.74) is 3.47. The Morgan fingerprint density at radius 2 is 1.89 bits per heavy atom. The van der Waals surface area contributed by atoms with Crippen LogP contribution in [0.25, 0.3) is 16.6 Å². The number of benzene rings is 2. The van der Waals surface area contributed by atoms with Crippen molar-refractivity contribution >= 4 is 32.8 Å². The summed E-state index contributed by atoms with van der Waals surface area (Å²) in [4.78, 5) is 14.1. The fourth-order valence-corrected chi connectivity index (χ4v) is 3.80. The van der Waals surface area contributed by atoms with Gasteiger partial charge < -0.3 is 18.9 Å². The molecule has 0 spiro atoms. The second kappa shape index (κ2) is 8.15. The van der Waals surface area contributed by atoms with Gasteiger partial charge in [-0.3, -0.25) is 0 Å². The average molecular weight is 432 g/mol. The minimum absolute atomic E-state index is 0.308. The van der Waals surface area contributed by atoms with Gasteiger partial charge >= 0.3 is 5.97 Å². The number of aromatic nitrogens is 1. The van der Waals surface area contributed by atoms with Crippen LogP contribution in [0.5, 0.6) is 5.75 Å². The zero-order valence-electron chi connectivity index (χ0n) is 16.0. The minimum atomic E-state index is -0.308. The predicted molar refractivity (Wildman–Crippen MR) is 110 cm³/mol. The van der Waals surface area contributed by atoms with E-state index in [2.05, 4.69) is 34.6 Å². The maximum atomic E-state index is 12.9. The molecule has 0 fully saturated rings. The Balaban J connectivity index is 2.43. The Hall–Kier alpha value is -2.31. The van der Waals surface area contributed by atoms with Gasteiger partial charge in [-0.2, -0.15) is 0 Å². The molecule has 1 heterocycles. The Kier molecular flexibility index (Phi) is 5.87. The van der Waals surface area contributed by atoms with E-state index in [1.807, 2.05) is 49.4 Å². The van der Waals surface area contributed by atoms with E-state index in [9.17, 15) is 4.79 Å². The molecule has 2 aromatic carbocycles. The summed E-state index contributed by atoms with van der Waals surface area (Å²) in [5.74, 6) is 0.375. The minimum Gasteiger partial charge on any atom is -0.496 e. The molecule has 1 aromatic heterocycles. The number of halogens is 1. The number of rotatable bonds is 6. The molecule has 0 amide bonds. The van der Waals surface area contributed by atoms with E-state index < -0.39 is 0 Å². The molecule has 0 atom stereocenters. The lowest BCUT2D eigenvalue weighted by atomic mass is 10.1. The maximum Gasteiger partial charge on any atom is 0.340 e. The number of ether oxygens (including phenoxy) is 2. The molecule has 5 nitrogen and oxygen atoms in total. The Labute approximate surface area is 167 Å². The summed E-state index contributed by atoms with van der Waals surface area (Å²) in [5, 5.41) is 0.827. The summed E-state index contributed by atoms with van der Waals surface area (Å²) in [6.45, 7) is 2.83. The summed E-state index contributed by atoms with van der Waals surface area (Å²) < 4.78 is 13.8. The number of carbonyl (C=O) groups excluding carboxylic acids is 1. The van der Waals surface area contributed by atoms with Crippen LogP contribution < -0.4 is 9.64 Å². The molecule has 142 valence electrons. The predicted octanol–water partition coefficient (Wildman–Crippen LogP) is 3.22. The number of nitrogens with one attached hydrogen (secondary N) is 1. The van der Waals surface area contributed by atoms with Crippen molar-refractivity contribution < 1.29 is 19.2 Å². The van der Waals surface area contributed by atoms with Crippen molar-refractivity contribution in [2.45, 2.75) is 13.5 Å². The topological polar surface area (TPSA) is 44.9 Å². The quantitative estimate of drug-likeness (QED) is 0.609. The molecule has 0 bridgehead atoms. The largest absolute Gasteiger partial charge is 0.496 e. The van der Waals surface area contributed by atoms with Crippen molar-refractivity contribution in [2.24, 2.45) is 0 Å². The van der Waals surface area contributed by atoms with Crippen LogP contribution in [0, 0.1) is 0 Å². The van der Waals surface area contributed by atoms with Crippen molar-refractivity contribution in [3.05, 3.63) is 58.2 Å². The van der Waals surface area contributed by atoms with Crippen LogP contribution in [0.15, 0.2) is 46.9 Å². The van der Waals surface area contributed by atoms with Crippen LogP contribution in [0.2, 0.25) is 0 Å². The summed E-state index contributed by atoms with van der Waals surface area (Å²) in [6, 6.07) is 14.0. The second-order valence-corrected chi connectivity index (χ2v) is 7.46. The van der Waals surface area contributed by atoms with E-state index in [0.29, 0.717) is 24.5 Å². The van der Waals surface area contributed by atoms with Gasteiger partial charge in [-0.25, -0.2) is 4.79 Å². The van der Waals surface area contributed by atoms with Crippen molar-refractivity contribution in [1.29, 1.82) is 0 Å². The fourth-order valence-electron chi connectivity index (χ4n) is 3.30. The summed E-state index contributed by atoms with van der Waals surface area (Å²) in [6.07, 6.45) is 0. The van der Waals surface area contributed by atoms with E-state index in [4.69, 9.17) is 9.47 Å². The monoisotopic (exact) mass is 431 g/mol. The third kappa shape index (κ3) is 3.73. The van der Waals surface area contributed by atoms with Crippen LogP contribution >= 0.6 is 15.9 Å². The molecule has 0 aliphatic carbocycles. The SMILES string of the molecule is CCOC(=O)c1c(C[NH+](C)C)n(-c2ccccc2)c2cc(Br)c(OC)cc12. The van der Waals surface area contributed by atoms with Gasteiger partial charge in [0.25, 0.3) is 0 Å². The molecule has 6 heteroatoms. The number of para-hydroxylation sites is 1. The highest BCUT2D eigenvalue weighted by molar-refractivity contribution is 9.10. The molecular formula is C21H24BrN2O3+. The van der Waals surface area contributed by atoms with Crippen molar-refractivity contribution in [3.8, 4) is 11.4 Å². The Morgan fingerprint density at radius 3 is 2.48 bits per heavy atom. The van der Waals surface area contributed by atoms with Gasteiger partial charge in [-0.15, -0.1) is 0 Å². The molecule has 0 saturated carbocycles. The Bertz CT molecular complexity index is 965. The van der Waals surface area contributed by atoms with E-state index in [-0.39, 0.29) is 5.97 Å². The van der Waals surface area contributed by atoms with Crippen molar-refractivity contribution in [1.82, 2.24) is 4.57 Å². The van der Waals surface area contributed by atoms with Crippen LogP contribution in [-0.2, 0) is 11.3 Å². The van der Waals surface area contributed by atoms with Crippen LogP contribution in [0.4, 0.5) is 0 Å². The molecule has 0 unspecified atom stereocenters. The van der Waals surface area contributed by atoms with Gasteiger partial charge in [0.1, 0.15) is 12.3 Å². The van der Waals surface area contributed by atoms with Gasteiger partial charge in [0.15, 0.2) is 0 Å². The van der Waals surface area contributed by atoms with Crippen LogP contribution in [-0.4, -0.2) is 38.3 Å². The number of hydrogen-bond donors (Lipinski definition) is 1. The number of carbonyl (C=O) groups is 1. The lowest BCUT2D eigenvalue weighted by molar-refractivity contribution is -0.873.